The van der Waals surface area contributed by atoms with E-state index < -0.39 is 50.0 Å². The number of ketones is 2. The van der Waals surface area contributed by atoms with Crippen LogP contribution in [0.15, 0.2) is 0 Å². The highest BCUT2D eigenvalue weighted by molar-refractivity contribution is 7.90. The van der Waals surface area contributed by atoms with Crippen LogP contribution in [0.1, 0.15) is 179 Å². The molecular weight excluding hydrogens is 765 g/mol. The molecule has 0 aromatic rings. The molecule has 3 amide bonds. The number of sulfonamides is 1. The van der Waals surface area contributed by atoms with Gasteiger partial charge in [-0.1, -0.05) is 86.5 Å². The van der Waals surface area contributed by atoms with Crippen LogP contribution >= 0.6 is 0 Å². The minimum Gasteiger partial charge on any atom is -0.345 e. The molecule has 7 fully saturated rings. The van der Waals surface area contributed by atoms with Crippen LogP contribution < -0.4 is 10.0 Å². The van der Waals surface area contributed by atoms with Crippen LogP contribution in [0.4, 0.5) is 0 Å². The van der Waals surface area contributed by atoms with Gasteiger partial charge < -0.3 is 10.2 Å². The zero-order chi connectivity index (χ0) is 43.8. The molecule has 0 aromatic carbocycles. The number of nitrogens with zero attached hydrogens (tertiary/aromatic N) is 2. The molecule has 7 atom stereocenters. The zero-order valence-corrected chi connectivity index (χ0v) is 38.4. The van der Waals surface area contributed by atoms with Gasteiger partial charge in [-0.2, -0.15) is 0 Å². The van der Waals surface area contributed by atoms with Gasteiger partial charge in [0.05, 0.1) is 28.8 Å². The molecule has 0 aromatic heterocycles. The molecule has 2 N–H and O–H groups in total. The monoisotopic (exact) mass is 842 g/mol. The number of Topliss-reactive ketones (excluding diaryl/α,β-unsaturated/α-hetero) is 2. The first kappa shape index (κ1) is 43.3. The number of amides is 3. The number of fused-ring (bicyclic) bond motifs is 1. The fourth-order valence-corrected chi connectivity index (χ4v) is 14.7. The second-order valence-electron chi connectivity index (χ2n) is 22.1. The normalized spacial score (nSPS) is 33.7. The predicted octanol–water partition coefficient (Wildman–Crippen LogP) is 7.11. The molecule has 7 rings (SSSR count). The largest absolute Gasteiger partial charge is 0.345 e. The Morgan fingerprint density at radius 3 is 2.03 bits per heavy atom. The van der Waals surface area contributed by atoms with Crippen molar-refractivity contribution in [1.82, 2.24) is 19.8 Å². The summed E-state index contributed by atoms with van der Waals surface area (Å²) in [5, 5.41) is 1.54. The molecule has 0 unspecified atom stereocenters. The maximum Gasteiger partial charge on any atom is 0.240 e. The Morgan fingerprint density at radius 1 is 0.847 bits per heavy atom. The first-order valence-electron chi connectivity index (χ1n) is 24.0. The summed E-state index contributed by atoms with van der Waals surface area (Å²) in [5.41, 5.74) is -2.19. The molecule has 0 radical (unpaired) electrons. The van der Waals surface area contributed by atoms with Crippen molar-refractivity contribution in [1.29, 1.82) is 0 Å². The lowest BCUT2D eigenvalue weighted by Gasteiger charge is -2.40. The highest BCUT2D eigenvalue weighted by Gasteiger charge is 2.85. The maximum atomic E-state index is 15.4. The Bertz CT molecular complexity index is 1830. The average molecular weight is 842 g/mol. The van der Waals surface area contributed by atoms with E-state index in [9.17, 15) is 27.6 Å². The SMILES string of the molecule is [2H]C1(S(=O)(=O)NC(=O)[C@@]2(CC(=O)[C@@H]3C[C@@]4(CN3C(=O)[C@@H](CC(=O)[C@@H](NC(=O)[C@@H]3CCCCN3C(C)C)C3CCCCC3)C(C)(C)C)C(C)(C)C43CCC3)C[C@H]2CC)CCC1. The molecule has 332 valence electrons. The van der Waals surface area contributed by atoms with Crippen molar-refractivity contribution in [2.75, 3.05) is 13.1 Å². The number of carbonyl (C=O) groups excluding carboxylic acids is 5. The topological polar surface area (TPSA) is 150 Å². The van der Waals surface area contributed by atoms with Crippen LogP contribution in [0, 0.1) is 44.8 Å². The van der Waals surface area contributed by atoms with Crippen molar-refractivity contribution in [3.05, 3.63) is 0 Å². The highest BCUT2D eigenvalue weighted by Crippen LogP contribution is 2.88. The summed E-state index contributed by atoms with van der Waals surface area (Å²) in [6, 6.07) is -1.57. The second kappa shape index (κ2) is 16.1. The van der Waals surface area contributed by atoms with E-state index in [4.69, 9.17) is 1.37 Å². The van der Waals surface area contributed by atoms with Crippen molar-refractivity contribution in [2.24, 2.45) is 44.8 Å². The van der Waals surface area contributed by atoms with Gasteiger partial charge in [0, 0.05) is 38.1 Å². The number of rotatable bonds is 15. The Morgan fingerprint density at radius 2 is 1.51 bits per heavy atom. The third kappa shape index (κ3) is 7.66. The first-order valence-corrected chi connectivity index (χ1v) is 25.0. The van der Waals surface area contributed by atoms with Crippen molar-refractivity contribution in [3.63, 3.8) is 0 Å². The number of carbonyl (C=O) groups is 5. The van der Waals surface area contributed by atoms with Crippen molar-refractivity contribution < 1.29 is 33.8 Å². The standard InChI is InChI=1S/C47H76N4O7S/c1-9-32-26-45(32,42(56)49-59(57,58)33-19-15-20-33)28-38(53)36-27-47(44(7,8)46(47)22-16-23-46)29-51(36)41(55)34(43(4,5)6)25-37(52)39(31-17-11-10-12-18-31)48-40(54)35-21-13-14-24-50(35)30(2)3/h30-36,39H,9-29H2,1-8H3,(H,48,54)(H,49,56)/t32-,34-,35+,36+,39+,45-,47-/m1/s1/i33D. The predicted molar refractivity (Wildman–Crippen MR) is 228 cm³/mol. The number of nitrogens with one attached hydrogen (secondary N) is 2. The molecule has 59 heavy (non-hydrogen) atoms. The number of piperidine rings is 1. The minimum atomic E-state index is -4.26. The lowest BCUT2D eigenvalue weighted by atomic mass is 9.73. The molecule has 12 heteroatoms. The number of hydrogen-bond acceptors (Lipinski definition) is 8. The van der Waals surface area contributed by atoms with Gasteiger partial charge in [-0.3, -0.25) is 33.6 Å². The van der Waals surface area contributed by atoms with E-state index in [1.54, 1.807) is 4.90 Å². The summed E-state index contributed by atoms with van der Waals surface area (Å²) >= 11 is 0. The van der Waals surface area contributed by atoms with Crippen molar-refractivity contribution >= 4 is 39.3 Å². The Hall–Kier alpha value is -2.34. The van der Waals surface area contributed by atoms with Gasteiger partial charge in [0.1, 0.15) is 0 Å². The summed E-state index contributed by atoms with van der Waals surface area (Å²) in [6.45, 7) is 17.9. The first-order chi connectivity index (χ1) is 28.0. The Labute approximate surface area is 356 Å². The molecule has 11 nitrogen and oxygen atoms in total. The van der Waals surface area contributed by atoms with E-state index in [0.717, 1.165) is 77.2 Å². The molecule has 2 aliphatic heterocycles. The molecule has 2 spiro atoms. The van der Waals surface area contributed by atoms with Gasteiger partial charge in [-0.05, 0) is 113 Å². The van der Waals surface area contributed by atoms with Crippen LogP contribution in [0.5, 0.6) is 0 Å². The molecule has 2 saturated heterocycles. The molecule has 2 heterocycles. The molecular formula is C47H76N4O7S. The maximum absolute atomic E-state index is 15.4. The van der Waals surface area contributed by atoms with E-state index in [-0.39, 0.29) is 89.2 Å². The van der Waals surface area contributed by atoms with Crippen LogP contribution in [-0.2, 0) is 34.0 Å². The summed E-state index contributed by atoms with van der Waals surface area (Å²) in [7, 11) is -4.26. The van der Waals surface area contributed by atoms with Gasteiger partial charge in [-0.15, -0.1) is 0 Å². The highest BCUT2D eigenvalue weighted by atomic mass is 32.2. The fraction of sp³-hybridized carbons (Fsp3) is 0.894. The Kier molecular flexibility index (Phi) is 11.8. The summed E-state index contributed by atoms with van der Waals surface area (Å²) in [4.78, 5) is 77.3. The van der Waals surface area contributed by atoms with Gasteiger partial charge in [0.15, 0.2) is 11.6 Å². The van der Waals surface area contributed by atoms with E-state index in [1.165, 1.54) is 0 Å². The lowest BCUT2D eigenvalue weighted by molar-refractivity contribution is -0.147. The quantitative estimate of drug-likeness (QED) is 0.177. The van der Waals surface area contributed by atoms with Crippen LogP contribution in [0.25, 0.3) is 0 Å². The average Bonchev–Trinajstić information content (AvgIpc) is 3.89. The summed E-state index contributed by atoms with van der Waals surface area (Å²) < 4.78 is 37.2. The van der Waals surface area contributed by atoms with Crippen LogP contribution in [0.3, 0.4) is 0 Å². The fourth-order valence-electron chi connectivity index (χ4n) is 13.2. The molecule has 5 saturated carbocycles. The zero-order valence-electron chi connectivity index (χ0n) is 38.6. The minimum absolute atomic E-state index is 0.00237. The van der Waals surface area contributed by atoms with Gasteiger partial charge in [0.2, 0.25) is 27.7 Å². The molecule has 0 bridgehead atoms. The molecule has 5 aliphatic carbocycles. The third-order valence-corrected chi connectivity index (χ3v) is 19.3. The third-order valence-electron chi connectivity index (χ3n) is 17.7. The number of hydrogen-bond donors (Lipinski definition) is 2. The summed E-state index contributed by atoms with van der Waals surface area (Å²) in [6.07, 6.45) is 13.0. The Balaban J connectivity index is 1.15. The second-order valence-corrected chi connectivity index (χ2v) is 23.9. The van der Waals surface area contributed by atoms with Gasteiger partial charge >= 0.3 is 0 Å². The van der Waals surface area contributed by atoms with E-state index in [1.807, 2.05) is 27.7 Å². The van der Waals surface area contributed by atoms with E-state index in [2.05, 4.69) is 42.6 Å². The molecule has 7 aliphatic rings. The van der Waals surface area contributed by atoms with Crippen molar-refractivity contribution in [2.45, 2.75) is 207 Å². The van der Waals surface area contributed by atoms with Gasteiger partial charge in [0.25, 0.3) is 0 Å². The van der Waals surface area contributed by atoms with E-state index in [0.29, 0.717) is 32.2 Å². The van der Waals surface area contributed by atoms with Crippen LogP contribution in [0.2, 0.25) is 0 Å². The smallest absolute Gasteiger partial charge is 0.240 e. The number of likely N-dealkylation sites (tertiary alicyclic amines) is 2. The van der Waals surface area contributed by atoms with Gasteiger partial charge in [-0.25, -0.2) is 8.42 Å². The lowest BCUT2D eigenvalue weighted by Crippen LogP contribution is -2.57. The van der Waals surface area contributed by atoms with E-state index >= 15 is 4.79 Å². The van der Waals surface area contributed by atoms with Crippen molar-refractivity contribution in [3.8, 4) is 0 Å². The van der Waals surface area contributed by atoms with Crippen LogP contribution in [-0.4, -0.2) is 90.0 Å². The summed E-state index contributed by atoms with van der Waals surface area (Å²) in [5.74, 6) is -2.28.